The summed E-state index contributed by atoms with van der Waals surface area (Å²) in [6.07, 6.45) is -0.0443. The Balaban J connectivity index is 0.000000357. The molecule has 1 atom stereocenters. The van der Waals surface area contributed by atoms with Gasteiger partial charge in [0, 0.05) is 39.3 Å². The Labute approximate surface area is 205 Å². The lowest BCUT2D eigenvalue weighted by Crippen LogP contribution is -2.66. The Kier molecular flexibility index (Phi) is 9.04. The molecule has 1 unspecified atom stereocenters. The number of benzene rings is 1. The number of likely N-dealkylation sites (tertiary alicyclic amines) is 1. The Hall–Kier alpha value is -1.58. The highest BCUT2D eigenvalue weighted by Crippen LogP contribution is 2.53. The number of rotatable bonds is 3. The molecular formula is C23H35Cl2N3O5. The Morgan fingerprint density at radius 2 is 1.55 bits per heavy atom. The van der Waals surface area contributed by atoms with Crippen molar-refractivity contribution < 1.29 is 24.9 Å². The van der Waals surface area contributed by atoms with Crippen molar-refractivity contribution in [3.63, 3.8) is 0 Å². The number of aliphatic carboxylic acids is 1. The Morgan fingerprint density at radius 3 is 1.94 bits per heavy atom. The summed E-state index contributed by atoms with van der Waals surface area (Å²) in [5.41, 5.74) is -3.11. The second-order valence-electron chi connectivity index (χ2n) is 9.79. The molecule has 0 saturated carbocycles. The first-order valence-corrected chi connectivity index (χ1v) is 11.8. The van der Waals surface area contributed by atoms with Crippen LogP contribution in [0.3, 0.4) is 0 Å². The van der Waals surface area contributed by atoms with Crippen molar-refractivity contribution in [1.29, 1.82) is 0 Å². The van der Waals surface area contributed by atoms with Crippen LogP contribution in [0.4, 0.5) is 4.79 Å². The van der Waals surface area contributed by atoms with Gasteiger partial charge in [-0.25, -0.2) is 4.79 Å². The number of nitrogens with zero attached hydrogens (tertiary/aromatic N) is 2. The van der Waals surface area contributed by atoms with E-state index in [0.29, 0.717) is 54.6 Å². The Bertz CT molecular complexity index is 847. The van der Waals surface area contributed by atoms with Crippen LogP contribution >= 0.6 is 23.2 Å². The molecule has 2 fully saturated rings. The highest BCUT2D eigenvalue weighted by atomic mass is 35.5. The highest BCUT2D eigenvalue weighted by molar-refractivity contribution is 6.42. The fourth-order valence-corrected chi connectivity index (χ4v) is 5.29. The zero-order chi connectivity index (χ0) is 25.0. The predicted molar refractivity (Wildman–Crippen MR) is 129 cm³/mol. The monoisotopic (exact) mass is 503 g/mol. The molecule has 0 aromatic heterocycles. The number of hydrogen-bond donors (Lipinski definition) is 4. The molecule has 186 valence electrons. The van der Waals surface area contributed by atoms with Gasteiger partial charge in [0.15, 0.2) is 0 Å². The van der Waals surface area contributed by atoms with Crippen LogP contribution in [0, 0.1) is 5.41 Å². The van der Waals surface area contributed by atoms with Crippen molar-refractivity contribution in [2.75, 3.05) is 46.3 Å². The molecule has 0 spiro atoms. The maximum atomic E-state index is 12.6. The molecule has 2 saturated heterocycles. The predicted octanol–water partition coefficient (Wildman–Crippen LogP) is 3.39. The number of amides is 1. The summed E-state index contributed by atoms with van der Waals surface area (Å²) in [7, 11) is 1.97. The van der Waals surface area contributed by atoms with E-state index in [1.54, 1.807) is 18.2 Å². The van der Waals surface area contributed by atoms with E-state index in [4.69, 9.17) is 28.3 Å². The molecule has 1 amide bonds. The number of piperidine rings is 1. The number of halogens is 2. The van der Waals surface area contributed by atoms with Gasteiger partial charge in [0.05, 0.1) is 15.6 Å². The average Bonchev–Trinajstić information content (AvgIpc) is 2.73. The molecule has 8 nitrogen and oxygen atoms in total. The van der Waals surface area contributed by atoms with Gasteiger partial charge in [0.25, 0.3) is 0 Å². The third-order valence-electron chi connectivity index (χ3n) is 6.70. The lowest BCUT2D eigenvalue weighted by molar-refractivity contribution is -0.176. The standard InChI is InChI=1S/C18H25Cl2NO3.C5H10N2O2/c1-16(2,3)18(15(22)23,12-5-6-13(19)14(20)11-12)17(24)7-9-21(4)10-8-17;8-5(9)7-3-1-6-2-4-7/h5-6,11,24H,7-10H2,1-4H3,(H,22,23);6H,1-4H2,(H,8,9). The van der Waals surface area contributed by atoms with E-state index in [9.17, 15) is 19.8 Å². The van der Waals surface area contributed by atoms with Gasteiger partial charge in [-0.05, 0) is 43.0 Å². The molecule has 10 heteroatoms. The van der Waals surface area contributed by atoms with Crippen LogP contribution in [0.2, 0.25) is 10.0 Å². The minimum atomic E-state index is -1.49. The Morgan fingerprint density at radius 1 is 1.00 bits per heavy atom. The number of aliphatic hydroxyl groups is 1. The highest BCUT2D eigenvalue weighted by Gasteiger charge is 2.63. The van der Waals surface area contributed by atoms with E-state index in [1.807, 2.05) is 27.8 Å². The van der Waals surface area contributed by atoms with E-state index in [2.05, 4.69) is 10.2 Å². The van der Waals surface area contributed by atoms with Gasteiger partial charge in [-0.1, -0.05) is 50.0 Å². The lowest BCUT2D eigenvalue weighted by atomic mass is 9.52. The van der Waals surface area contributed by atoms with Gasteiger partial charge >= 0.3 is 12.1 Å². The largest absolute Gasteiger partial charge is 0.480 e. The average molecular weight is 504 g/mol. The molecule has 0 aliphatic carbocycles. The smallest absolute Gasteiger partial charge is 0.407 e. The minimum absolute atomic E-state index is 0.292. The van der Waals surface area contributed by atoms with E-state index < -0.39 is 28.5 Å². The third kappa shape index (κ3) is 5.74. The van der Waals surface area contributed by atoms with E-state index in [1.165, 1.54) is 4.90 Å². The molecule has 0 radical (unpaired) electrons. The van der Waals surface area contributed by atoms with Crippen molar-refractivity contribution in [3.05, 3.63) is 33.8 Å². The first kappa shape index (κ1) is 27.7. The molecule has 1 aromatic rings. The van der Waals surface area contributed by atoms with E-state index >= 15 is 0 Å². The number of piperazine rings is 1. The summed E-state index contributed by atoms with van der Waals surface area (Å²) in [6.45, 7) is 9.63. The number of carbonyl (C=O) groups is 2. The van der Waals surface area contributed by atoms with Crippen LogP contribution in [0.15, 0.2) is 18.2 Å². The lowest BCUT2D eigenvalue weighted by Gasteiger charge is -2.54. The molecule has 33 heavy (non-hydrogen) atoms. The number of nitrogens with one attached hydrogen (secondary N) is 1. The first-order chi connectivity index (χ1) is 15.3. The van der Waals surface area contributed by atoms with Crippen LogP contribution in [0.25, 0.3) is 0 Å². The molecule has 3 rings (SSSR count). The van der Waals surface area contributed by atoms with Crippen molar-refractivity contribution in [2.45, 2.75) is 44.6 Å². The molecular weight excluding hydrogens is 469 g/mol. The number of carboxylic acid groups (broad SMARTS) is 2. The van der Waals surface area contributed by atoms with Crippen LogP contribution in [0.5, 0.6) is 0 Å². The van der Waals surface area contributed by atoms with Gasteiger partial charge in [-0.15, -0.1) is 0 Å². The molecule has 2 heterocycles. The first-order valence-electron chi connectivity index (χ1n) is 11.0. The van der Waals surface area contributed by atoms with Crippen molar-refractivity contribution in [1.82, 2.24) is 15.1 Å². The maximum Gasteiger partial charge on any atom is 0.407 e. The summed E-state index contributed by atoms with van der Waals surface area (Å²) < 4.78 is 0. The van der Waals surface area contributed by atoms with Crippen LogP contribution in [0.1, 0.15) is 39.2 Å². The maximum absolute atomic E-state index is 12.6. The second kappa shape index (κ2) is 10.8. The van der Waals surface area contributed by atoms with Gasteiger partial charge in [0.2, 0.25) is 0 Å². The normalized spacial score (nSPS) is 20.9. The SMILES string of the molecule is CN1CCC(O)(C(C(=O)O)(c2ccc(Cl)c(Cl)c2)C(C)(C)C)CC1.O=C(O)N1CCNCC1. The number of hydrogen-bond acceptors (Lipinski definition) is 5. The summed E-state index contributed by atoms with van der Waals surface area (Å²) in [5, 5.41) is 34.0. The molecule has 4 N–H and O–H groups in total. The summed E-state index contributed by atoms with van der Waals surface area (Å²) in [5.74, 6) is -1.04. The fourth-order valence-electron chi connectivity index (χ4n) is 4.99. The van der Waals surface area contributed by atoms with Crippen LogP contribution < -0.4 is 5.32 Å². The summed E-state index contributed by atoms with van der Waals surface area (Å²) >= 11 is 12.2. The van der Waals surface area contributed by atoms with Gasteiger partial charge in [-0.3, -0.25) is 4.79 Å². The zero-order valence-electron chi connectivity index (χ0n) is 19.7. The minimum Gasteiger partial charge on any atom is -0.480 e. The van der Waals surface area contributed by atoms with Gasteiger partial charge in [0.1, 0.15) is 5.41 Å². The fraction of sp³-hybridized carbons (Fsp3) is 0.652. The third-order valence-corrected chi connectivity index (χ3v) is 7.44. The van der Waals surface area contributed by atoms with E-state index in [0.717, 1.165) is 13.1 Å². The molecule has 0 bridgehead atoms. The van der Waals surface area contributed by atoms with Crippen LogP contribution in [-0.2, 0) is 10.2 Å². The molecule has 1 aromatic carbocycles. The molecule has 2 aliphatic rings. The topological polar surface area (TPSA) is 113 Å². The summed E-state index contributed by atoms with van der Waals surface area (Å²) in [4.78, 5) is 26.4. The van der Waals surface area contributed by atoms with Crippen molar-refractivity contribution >= 4 is 35.3 Å². The van der Waals surface area contributed by atoms with E-state index in [-0.39, 0.29) is 0 Å². The van der Waals surface area contributed by atoms with Crippen LogP contribution in [-0.4, -0.2) is 89.1 Å². The van der Waals surface area contributed by atoms with Crippen molar-refractivity contribution in [2.24, 2.45) is 5.41 Å². The van der Waals surface area contributed by atoms with Crippen molar-refractivity contribution in [3.8, 4) is 0 Å². The zero-order valence-corrected chi connectivity index (χ0v) is 21.2. The summed E-state index contributed by atoms with van der Waals surface area (Å²) in [6, 6.07) is 4.85. The van der Waals surface area contributed by atoms with Gasteiger partial charge in [-0.2, -0.15) is 0 Å². The number of carboxylic acids is 1. The quantitative estimate of drug-likeness (QED) is 0.499. The second-order valence-corrected chi connectivity index (χ2v) is 10.6. The molecule has 2 aliphatic heterocycles. The van der Waals surface area contributed by atoms with Gasteiger partial charge < -0.3 is 30.4 Å².